The van der Waals surface area contributed by atoms with Crippen molar-refractivity contribution in [3.8, 4) is 0 Å². The van der Waals surface area contributed by atoms with E-state index in [2.05, 4.69) is 26.1 Å². The molecule has 3 aliphatic rings. The fourth-order valence-electron chi connectivity index (χ4n) is 5.35. The Labute approximate surface area is 163 Å². The number of urea groups is 1. The summed E-state index contributed by atoms with van der Waals surface area (Å²) in [5.74, 6) is -0.0306. The van der Waals surface area contributed by atoms with Crippen LogP contribution < -0.4 is 5.32 Å². The van der Waals surface area contributed by atoms with Gasteiger partial charge in [0.15, 0.2) is 0 Å². The number of nitrogens with one attached hydrogen (secondary N) is 1. The molecule has 3 heterocycles. The number of amides is 4. The van der Waals surface area contributed by atoms with Gasteiger partial charge in [-0.25, -0.2) is 4.79 Å². The maximum absolute atomic E-state index is 13.2. The van der Waals surface area contributed by atoms with Crippen molar-refractivity contribution in [1.82, 2.24) is 15.1 Å². The van der Waals surface area contributed by atoms with Crippen LogP contribution in [0, 0.1) is 11.3 Å². The molecule has 1 N–H and O–H groups in total. The largest absolute Gasteiger partial charge is 0.336 e. The van der Waals surface area contributed by atoms with Gasteiger partial charge < -0.3 is 10.2 Å². The standard InChI is InChI=1S/C20H27N3O3S/c1-13-8-19(2,3)12-20(9-13)17(25)23(18(26)21-20)11-16(24)22-6-4-15-14(10-22)5-7-27-15/h5,7,13H,4,6,8-12H2,1-3H3,(H,21,26)/t13-,20-/m0/s1. The lowest BCUT2D eigenvalue weighted by atomic mass is 9.64. The molecule has 1 spiro atoms. The van der Waals surface area contributed by atoms with Crippen molar-refractivity contribution >= 4 is 29.2 Å². The van der Waals surface area contributed by atoms with Gasteiger partial charge in [0.05, 0.1) is 0 Å². The van der Waals surface area contributed by atoms with E-state index in [-0.39, 0.29) is 23.8 Å². The summed E-state index contributed by atoms with van der Waals surface area (Å²) < 4.78 is 0. The number of thiophene rings is 1. The molecular formula is C20H27N3O3S. The van der Waals surface area contributed by atoms with Gasteiger partial charge >= 0.3 is 6.03 Å². The lowest BCUT2D eigenvalue weighted by molar-refractivity contribution is -0.141. The number of hydrogen-bond donors (Lipinski definition) is 1. The van der Waals surface area contributed by atoms with E-state index < -0.39 is 11.6 Å². The highest BCUT2D eigenvalue weighted by atomic mass is 32.1. The van der Waals surface area contributed by atoms with E-state index in [0.717, 1.165) is 17.7 Å². The molecule has 4 amide bonds. The molecule has 1 saturated carbocycles. The third-order valence-corrected chi connectivity index (χ3v) is 7.10. The monoisotopic (exact) mass is 389 g/mol. The first kappa shape index (κ1) is 18.5. The average Bonchev–Trinajstić information content (AvgIpc) is 3.11. The molecule has 0 aromatic carbocycles. The fraction of sp³-hybridized carbons (Fsp3) is 0.650. The zero-order valence-electron chi connectivity index (χ0n) is 16.2. The Morgan fingerprint density at radius 3 is 2.85 bits per heavy atom. The van der Waals surface area contributed by atoms with Crippen molar-refractivity contribution < 1.29 is 14.4 Å². The van der Waals surface area contributed by atoms with Gasteiger partial charge in [0, 0.05) is 18.0 Å². The van der Waals surface area contributed by atoms with Crippen LogP contribution in [0.4, 0.5) is 4.79 Å². The van der Waals surface area contributed by atoms with E-state index in [0.29, 0.717) is 31.8 Å². The number of carbonyl (C=O) groups excluding carboxylic acids is 3. The Morgan fingerprint density at radius 1 is 1.33 bits per heavy atom. The highest BCUT2D eigenvalue weighted by Gasteiger charge is 2.56. The Hall–Kier alpha value is -1.89. The first-order chi connectivity index (χ1) is 12.7. The van der Waals surface area contributed by atoms with Crippen LogP contribution in [0.3, 0.4) is 0 Å². The number of carbonyl (C=O) groups is 3. The van der Waals surface area contributed by atoms with E-state index in [1.807, 2.05) is 11.4 Å². The van der Waals surface area contributed by atoms with Crippen LogP contribution >= 0.6 is 11.3 Å². The molecule has 2 atom stereocenters. The number of nitrogens with zero attached hydrogens (tertiary/aromatic N) is 2. The molecule has 146 valence electrons. The quantitative estimate of drug-likeness (QED) is 0.791. The Morgan fingerprint density at radius 2 is 2.11 bits per heavy atom. The van der Waals surface area contributed by atoms with E-state index >= 15 is 0 Å². The van der Waals surface area contributed by atoms with Crippen molar-refractivity contribution in [2.75, 3.05) is 13.1 Å². The van der Waals surface area contributed by atoms with Crippen LogP contribution in [0.15, 0.2) is 11.4 Å². The highest BCUT2D eigenvalue weighted by molar-refractivity contribution is 7.10. The van der Waals surface area contributed by atoms with Crippen LogP contribution in [0.25, 0.3) is 0 Å². The van der Waals surface area contributed by atoms with Gasteiger partial charge in [-0.15, -0.1) is 11.3 Å². The van der Waals surface area contributed by atoms with Crippen molar-refractivity contribution in [3.05, 3.63) is 21.9 Å². The first-order valence-electron chi connectivity index (χ1n) is 9.66. The van der Waals surface area contributed by atoms with Crippen molar-refractivity contribution in [2.24, 2.45) is 11.3 Å². The summed E-state index contributed by atoms with van der Waals surface area (Å²) in [5.41, 5.74) is 0.320. The van der Waals surface area contributed by atoms with Crippen molar-refractivity contribution in [3.63, 3.8) is 0 Å². The Balaban J connectivity index is 1.48. The van der Waals surface area contributed by atoms with Crippen LogP contribution in [0.5, 0.6) is 0 Å². The summed E-state index contributed by atoms with van der Waals surface area (Å²) in [6.45, 7) is 7.46. The summed E-state index contributed by atoms with van der Waals surface area (Å²) in [6.07, 6.45) is 3.15. The van der Waals surface area contributed by atoms with E-state index in [9.17, 15) is 14.4 Å². The highest BCUT2D eigenvalue weighted by Crippen LogP contribution is 2.46. The minimum atomic E-state index is -0.846. The molecule has 0 radical (unpaired) electrons. The molecular weight excluding hydrogens is 362 g/mol. The van der Waals surface area contributed by atoms with Crippen molar-refractivity contribution in [2.45, 2.75) is 58.5 Å². The summed E-state index contributed by atoms with van der Waals surface area (Å²) >= 11 is 1.72. The zero-order valence-corrected chi connectivity index (χ0v) is 17.0. The van der Waals surface area contributed by atoms with Crippen LogP contribution in [0.1, 0.15) is 50.5 Å². The van der Waals surface area contributed by atoms with E-state index in [1.54, 1.807) is 16.2 Å². The predicted molar refractivity (Wildman–Crippen MR) is 103 cm³/mol. The van der Waals surface area contributed by atoms with Crippen LogP contribution in [-0.4, -0.2) is 46.3 Å². The first-order valence-corrected chi connectivity index (χ1v) is 10.5. The minimum absolute atomic E-state index is 0.0111. The topological polar surface area (TPSA) is 69.7 Å². The van der Waals surface area contributed by atoms with Gasteiger partial charge in [0.2, 0.25) is 5.91 Å². The van der Waals surface area contributed by atoms with E-state index in [1.165, 1.54) is 10.4 Å². The van der Waals surface area contributed by atoms with Crippen LogP contribution in [-0.2, 0) is 22.6 Å². The summed E-state index contributed by atoms with van der Waals surface area (Å²) in [4.78, 5) is 42.8. The fourth-order valence-corrected chi connectivity index (χ4v) is 6.24. The molecule has 1 saturated heterocycles. The second-order valence-corrected chi connectivity index (χ2v) is 10.2. The smallest absolute Gasteiger partial charge is 0.325 e. The second kappa shape index (κ2) is 6.33. The Kier molecular flexibility index (Phi) is 4.33. The van der Waals surface area contributed by atoms with E-state index in [4.69, 9.17) is 0 Å². The maximum atomic E-state index is 13.2. The van der Waals surface area contributed by atoms with Crippen molar-refractivity contribution in [1.29, 1.82) is 0 Å². The molecule has 2 fully saturated rings. The van der Waals surface area contributed by atoms with Gasteiger partial charge in [-0.1, -0.05) is 20.8 Å². The molecule has 0 bridgehead atoms. The predicted octanol–water partition coefficient (Wildman–Crippen LogP) is 2.77. The number of rotatable bonds is 2. The van der Waals surface area contributed by atoms with Gasteiger partial charge in [0.25, 0.3) is 5.91 Å². The lowest BCUT2D eigenvalue weighted by Crippen LogP contribution is -2.54. The summed E-state index contributed by atoms with van der Waals surface area (Å²) in [5, 5.41) is 4.99. The molecule has 2 aliphatic heterocycles. The minimum Gasteiger partial charge on any atom is -0.336 e. The number of fused-ring (bicyclic) bond motifs is 1. The van der Waals surface area contributed by atoms with Gasteiger partial charge in [-0.3, -0.25) is 14.5 Å². The van der Waals surface area contributed by atoms with Gasteiger partial charge in [-0.2, -0.15) is 0 Å². The third kappa shape index (κ3) is 3.26. The zero-order chi connectivity index (χ0) is 19.4. The van der Waals surface area contributed by atoms with Crippen LogP contribution in [0.2, 0.25) is 0 Å². The summed E-state index contributed by atoms with van der Waals surface area (Å²) in [7, 11) is 0. The summed E-state index contributed by atoms with van der Waals surface area (Å²) in [6, 6.07) is 1.62. The molecule has 1 aromatic rings. The molecule has 27 heavy (non-hydrogen) atoms. The number of imide groups is 1. The van der Waals surface area contributed by atoms with Gasteiger partial charge in [0.1, 0.15) is 12.1 Å². The van der Waals surface area contributed by atoms with Gasteiger partial charge in [-0.05, 0) is 54.0 Å². The molecule has 1 aliphatic carbocycles. The third-order valence-electron chi connectivity index (χ3n) is 6.08. The molecule has 0 unspecified atom stereocenters. The average molecular weight is 390 g/mol. The lowest BCUT2D eigenvalue weighted by Gasteiger charge is -2.43. The Bertz CT molecular complexity index is 802. The molecule has 1 aromatic heterocycles. The molecule has 4 rings (SSSR count). The SMILES string of the molecule is C[C@H]1CC(C)(C)C[C@]2(C1)NC(=O)N(CC(=O)N1CCc3sccc3C1)C2=O. The maximum Gasteiger partial charge on any atom is 0.325 e. The molecule has 7 heteroatoms. The normalized spacial score (nSPS) is 29.8. The molecule has 6 nitrogen and oxygen atoms in total. The number of hydrogen-bond acceptors (Lipinski definition) is 4. The second-order valence-electron chi connectivity index (χ2n) is 9.19.